The molecule has 1 aromatic carbocycles. The smallest absolute Gasteiger partial charge is 0.319 e. The first-order chi connectivity index (χ1) is 11.0. The number of alkyl halides is 2. The van der Waals surface area contributed by atoms with Crippen molar-refractivity contribution in [2.45, 2.75) is 25.9 Å². The normalized spacial score (nSPS) is 10.8. The molecular formula is C16H19F2N3O2. The zero-order valence-corrected chi connectivity index (χ0v) is 13.1. The van der Waals surface area contributed by atoms with E-state index in [0.29, 0.717) is 12.8 Å². The Morgan fingerprint density at radius 3 is 2.65 bits per heavy atom. The number of aromatic nitrogens is 2. The molecule has 2 aromatic rings. The summed E-state index contributed by atoms with van der Waals surface area (Å²) in [6.45, 7) is -2.60. The fourth-order valence-electron chi connectivity index (χ4n) is 2.18. The summed E-state index contributed by atoms with van der Waals surface area (Å²) < 4.78 is 31.3. The van der Waals surface area contributed by atoms with E-state index in [2.05, 4.69) is 4.98 Å². The lowest BCUT2D eigenvalue weighted by Crippen LogP contribution is -2.28. The minimum Gasteiger partial charge on any atom is -0.497 e. The van der Waals surface area contributed by atoms with Gasteiger partial charge in [-0.25, -0.2) is 4.98 Å². The highest BCUT2D eigenvalue weighted by Gasteiger charge is 2.16. The van der Waals surface area contributed by atoms with Crippen LogP contribution < -0.4 is 4.74 Å². The summed E-state index contributed by atoms with van der Waals surface area (Å²) in [5.41, 5.74) is 1.02. The summed E-state index contributed by atoms with van der Waals surface area (Å²) in [6.07, 6.45) is 3.39. The van der Waals surface area contributed by atoms with Crippen LogP contribution in [-0.2, 0) is 17.8 Å². The lowest BCUT2D eigenvalue weighted by atomic mass is 10.1. The molecule has 0 atom stereocenters. The summed E-state index contributed by atoms with van der Waals surface area (Å²) in [4.78, 5) is 17.4. The van der Waals surface area contributed by atoms with Crippen molar-refractivity contribution < 1.29 is 18.3 Å². The van der Waals surface area contributed by atoms with Gasteiger partial charge in [-0.1, -0.05) is 12.1 Å². The quantitative estimate of drug-likeness (QED) is 0.787. The molecule has 0 radical (unpaired) electrons. The van der Waals surface area contributed by atoms with Crippen LogP contribution in [-0.4, -0.2) is 34.5 Å². The number of methoxy groups -OCH3 is 1. The number of aryl methyl sites for hydroxylation is 1. The molecule has 124 valence electrons. The number of halogens is 2. The first kappa shape index (κ1) is 16.9. The number of carbonyl (C=O) groups is 1. The van der Waals surface area contributed by atoms with Gasteiger partial charge in [-0.15, -0.1) is 0 Å². The molecule has 0 saturated heterocycles. The van der Waals surface area contributed by atoms with Crippen molar-refractivity contribution in [1.29, 1.82) is 0 Å². The molecule has 1 amide bonds. The van der Waals surface area contributed by atoms with E-state index in [0.717, 1.165) is 15.9 Å². The number of hydrogen-bond donors (Lipinski definition) is 0. The number of amides is 1. The third-order valence-electron chi connectivity index (χ3n) is 3.55. The summed E-state index contributed by atoms with van der Waals surface area (Å²) in [5.74, 6) is 0.806. The van der Waals surface area contributed by atoms with Crippen LogP contribution in [0.3, 0.4) is 0 Å². The van der Waals surface area contributed by atoms with Gasteiger partial charge in [-0.3, -0.25) is 9.36 Å². The molecule has 23 heavy (non-hydrogen) atoms. The van der Waals surface area contributed by atoms with E-state index in [1.54, 1.807) is 14.2 Å². The van der Waals surface area contributed by atoms with Crippen molar-refractivity contribution in [2.75, 3.05) is 14.2 Å². The molecule has 7 heteroatoms. The molecule has 0 N–H and O–H groups in total. The summed E-state index contributed by atoms with van der Waals surface area (Å²) in [5, 5.41) is 0. The van der Waals surface area contributed by atoms with E-state index < -0.39 is 6.55 Å². The second-order valence-corrected chi connectivity index (χ2v) is 5.13. The SMILES string of the molecule is COc1ccc(CCC(=O)N(C)Cc2nccn2C(F)F)cc1. The number of imidazole rings is 1. The van der Waals surface area contributed by atoms with Gasteiger partial charge < -0.3 is 9.64 Å². The molecule has 0 aliphatic rings. The Balaban J connectivity index is 1.88. The van der Waals surface area contributed by atoms with Crippen molar-refractivity contribution >= 4 is 5.91 Å². The van der Waals surface area contributed by atoms with Gasteiger partial charge in [0, 0.05) is 25.9 Å². The molecule has 0 spiro atoms. The predicted octanol–water partition coefficient (Wildman–Crippen LogP) is 2.88. The standard InChI is InChI=1S/C16H19F2N3O2/c1-20(11-14-19-9-10-21(14)16(17)18)15(22)8-5-12-3-6-13(23-2)7-4-12/h3-4,6-7,9-10,16H,5,8,11H2,1-2H3. The minimum atomic E-state index is -2.66. The molecule has 2 rings (SSSR count). The molecule has 0 fully saturated rings. The Kier molecular flexibility index (Phi) is 5.67. The van der Waals surface area contributed by atoms with Gasteiger partial charge in [-0.05, 0) is 24.1 Å². The number of ether oxygens (including phenoxy) is 1. The van der Waals surface area contributed by atoms with Crippen LogP contribution in [0.25, 0.3) is 0 Å². The number of nitrogens with zero attached hydrogens (tertiary/aromatic N) is 3. The van der Waals surface area contributed by atoms with E-state index in [-0.39, 0.29) is 18.3 Å². The Morgan fingerprint density at radius 1 is 1.35 bits per heavy atom. The second kappa shape index (κ2) is 7.71. The Morgan fingerprint density at radius 2 is 2.04 bits per heavy atom. The molecule has 0 aliphatic carbocycles. The van der Waals surface area contributed by atoms with Gasteiger partial charge >= 0.3 is 6.55 Å². The maximum atomic E-state index is 12.8. The van der Waals surface area contributed by atoms with Crippen molar-refractivity contribution in [2.24, 2.45) is 0 Å². The lowest BCUT2D eigenvalue weighted by molar-refractivity contribution is -0.130. The maximum Gasteiger partial charge on any atom is 0.319 e. The van der Waals surface area contributed by atoms with Crippen LogP contribution in [0.4, 0.5) is 8.78 Å². The Hall–Kier alpha value is -2.44. The van der Waals surface area contributed by atoms with Crippen LogP contribution in [0.15, 0.2) is 36.7 Å². The molecule has 1 heterocycles. The molecule has 1 aromatic heterocycles. The number of rotatable bonds is 7. The van der Waals surface area contributed by atoms with E-state index in [9.17, 15) is 13.6 Å². The van der Waals surface area contributed by atoms with Crippen LogP contribution >= 0.6 is 0 Å². The molecule has 0 unspecified atom stereocenters. The van der Waals surface area contributed by atoms with Crippen molar-refractivity contribution in [3.63, 3.8) is 0 Å². The predicted molar refractivity (Wildman–Crippen MR) is 81.3 cm³/mol. The van der Waals surface area contributed by atoms with Gasteiger partial charge in [0.1, 0.15) is 11.6 Å². The fourth-order valence-corrected chi connectivity index (χ4v) is 2.18. The van der Waals surface area contributed by atoms with Crippen molar-refractivity contribution in [3.8, 4) is 5.75 Å². The average Bonchev–Trinajstić information content (AvgIpc) is 3.01. The summed E-state index contributed by atoms with van der Waals surface area (Å²) in [7, 11) is 3.18. The Bertz CT molecular complexity index is 641. The second-order valence-electron chi connectivity index (χ2n) is 5.13. The van der Waals surface area contributed by atoms with Crippen LogP contribution in [0.2, 0.25) is 0 Å². The highest BCUT2D eigenvalue weighted by Crippen LogP contribution is 2.15. The number of hydrogen-bond acceptors (Lipinski definition) is 3. The topological polar surface area (TPSA) is 47.4 Å². The van der Waals surface area contributed by atoms with Crippen molar-refractivity contribution in [1.82, 2.24) is 14.5 Å². The van der Waals surface area contributed by atoms with Gasteiger partial charge in [0.2, 0.25) is 5.91 Å². The van der Waals surface area contributed by atoms with Gasteiger partial charge in [-0.2, -0.15) is 8.78 Å². The van der Waals surface area contributed by atoms with E-state index in [1.165, 1.54) is 17.3 Å². The van der Waals surface area contributed by atoms with Crippen molar-refractivity contribution in [3.05, 3.63) is 48.0 Å². The van der Waals surface area contributed by atoms with Gasteiger partial charge in [0.05, 0.1) is 13.7 Å². The molecule has 0 bridgehead atoms. The third kappa shape index (κ3) is 4.51. The molecule has 0 saturated carbocycles. The molecule has 0 aliphatic heterocycles. The first-order valence-corrected chi connectivity index (χ1v) is 7.18. The Labute approximate surface area is 133 Å². The summed E-state index contributed by atoms with van der Waals surface area (Å²) >= 11 is 0. The summed E-state index contributed by atoms with van der Waals surface area (Å²) in [6, 6.07) is 7.47. The fraction of sp³-hybridized carbons (Fsp3) is 0.375. The van der Waals surface area contributed by atoms with Gasteiger partial charge in [0.25, 0.3) is 0 Å². The average molecular weight is 323 g/mol. The first-order valence-electron chi connectivity index (χ1n) is 7.18. The number of benzene rings is 1. The van der Waals surface area contributed by atoms with E-state index >= 15 is 0 Å². The molecule has 5 nitrogen and oxygen atoms in total. The molecular weight excluding hydrogens is 304 g/mol. The number of carbonyl (C=O) groups excluding carboxylic acids is 1. The van der Waals surface area contributed by atoms with Crippen LogP contribution in [0, 0.1) is 0 Å². The lowest BCUT2D eigenvalue weighted by Gasteiger charge is -2.17. The van der Waals surface area contributed by atoms with E-state index in [4.69, 9.17) is 4.74 Å². The van der Waals surface area contributed by atoms with Gasteiger partial charge in [0.15, 0.2) is 0 Å². The highest BCUT2D eigenvalue weighted by molar-refractivity contribution is 5.76. The zero-order valence-electron chi connectivity index (χ0n) is 13.1. The maximum absolute atomic E-state index is 12.8. The third-order valence-corrected chi connectivity index (χ3v) is 3.55. The van der Waals surface area contributed by atoms with E-state index in [1.807, 2.05) is 24.3 Å². The highest BCUT2D eigenvalue weighted by atomic mass is 19.3. The monoisotopic (exact) mass is 323 g/mol. The minimum absolute atomic E-state index is 0.0544. The van der Waals surface area contributed by atoms with Crippen LogP contribution in [0.1, 0.15) is 24.4 Å². The van der Waals surface area contributed by atoms with Crippen LogP contribution in [0.5, 0.6) is 5.75 Å². The largest absolute Gasteiger partial charge is 0.497 e. The zero-order chi connectivity index (χ0) is 16.8.